The Morgan fingerprint density at radius 1 is 1.26 bits per heavy atom. The summed E-state index contributed by atoms with van der Waals surface area (Å²) in [5.74, 6) is 0.561. The predicted octanol–water partition coefficient (Wildman–Crippen LogP) is 2.29. The number of nitrogens with zero attached hydrogens (tertiary/aromatic N) is 1. The molecular weight excluding hydrogens is 290 g/mol. The molecule has 5 heteroatoms. The van der Waals surface area contributed by atoms with Crippen molar-refractivity contribution in [3.05, 3.63) is 47.5 Å². The van der Waals surface area contributed by atoms with Gasteiger partial charge in [-0.15, -0.1) is 0 Å². The fourth-order valence-corrected chi connectivity index (χ4v) is 2.47. The van der Waals surface area contributed by atoms with Crippen molar-refractivity contribution in [1.29, 1.82) is 0 Å². The lowest BCUT2D eigenvalue weighted by Crippen LogP contribution is -2.42. The molecule has 0 saturated heterocycles. The van der Waals surface area contributed by atoms with Gasteiger partial charge in [0.05, 0.1) is 12.7 Å². The Kier molecular flexibility index (Phi) is 6.66. The molecule has 1 aliphatic carbocycles. The molecule has 2 N–H and O–H groups in total. The maximum atomic E-state index is 11.4. The SMILES string of the molecule is CCNC(=NCCc1ccc(C(=O)OC)cc1)NC1CC=CC1. The Hall–Kier alpha value is -2.30. The van der Waals surface area contributed by atoms with Gasteiger partial charge >= 0.3 is 5.97 Å². The normalized spacial score (nSPS) is 14.8. The zero-order valence-electron chi connectivity index (χ0n) is 13.8. The molecule has 0 spiro atoms. The third kappa shape index (κ3) is 5.43. The number of carbonyl (C=O) groups is 1. The first kappa shape index (κ1) is 17.1. The van der Waals surface area contributed by atoms with E-state index >= 15 is 0 Å². The minimum Gasteiger partial charge on any atom is -0.465 e. The van der Waals surface area contributed by atoms with E-state index in [4.69, 9.17) is 4.74 Å². The van der Waals surface area contributed by atoms with E-state index < -0.39 is 0 Å². The summed E-state index contributed by atoms with van der Waals surface area (Å²) in [6.07, 6.45) is 7.34. The Morgan fingerprint density at radius 2 is 1.96 bits per heavy atom. The molecule has 1 aromatic rings. The van der Waals surface area contributed by atoms with Gasteiger partial charge in [0.1, 0.15) is 0 Å². The largest absolute Gasteiger partial charge is 0.465 e. The van der Waals surface area contributed by atoms with Crippen LogP contribution in [0.5, 0.6) is 0 Å². The van der Waals surface area contributed by atoms with Crippen molar-refractivity contribution in [2.45, 2.75) is 32.2 Å². The summed E-state index contributed by atoms with van der Waals surface area (Å²) in [7, 11) is 1.39. The summed E-state index contributed by atoms with van der Waals surface area (Å²) in [6.45, 7) is 3.61. The van der Waals surface area contributed by atoms with Gasteiger partial charge in [0, 0.05) is 19.1 Å². The van der Waals surface area contributed by atoms with Gasteiger partial charge in [0.25, 0.3) is 0 Å². The number of nitrogens with one attached hydrogen (secondary N) is 2. The second-order valence-electron chi connectivity index (χ2n) is 5.48. The van der Waals surface area contributed by atoms with E-state index in [0.717, 1.165) is 37.3 Å². The van der Waals surface area contributed by atoms with Crippen LogP contribution in [0.2, 0.25) is 0 Å². The van der Waals surface area contributed by atoms with Crippen LogP contribution in [0.15, 0.2) is 41.4 Å². The molecule has 0 aromatic heterocycles. The first-order valence-electron chi connectivity index (χ1n) is 8.10. The minimum atomic E-state index is -0.307. The molecule has 2 rings (SSSR count). The molecule has 0 heterocycles. The molecule has 0 amide bonds. The number of methoxy groups -OCH3 is 1. The fourth-order valence-electron chi connectivity index (χ4n) is 2.47. The van der Waals surface area contributed by atoms with E-state index in [9.17, 15) is 4.79 Å². The molecule has 0 saturated carbocycles. The van der Waals surface area contributed by atoms with Gasteiger partial charge in [-0.1, -0.05) is 24.3 Å². The predicted molar refractivity (Wildman–Crippen MR) is 92.8 cm³/mol. The van der Waals surface area contributed by atoms with Gasteiger partial charge in [0.15, 0.2) is 5.96 Å². The van der Waals surface area contributed by atoms with Crippen LogP contribution in [0.4, 0.5) is 0 Å². The summed E-state index contributed by atoms with van der Waals surface area (Å²) in [5.41, 5.74) is 1.73. The molecule has 23 heavy (non-hydrogen) atoms. The zero-order valence-corrected chi connectivity index (χ0v) is 13.8. The van der Waals surface area contributed by atoms with Crippen LogP contribution in [0, 0.1) is 0 Å². The van der Waals surface area contributed by atoms with Crippen molar-refractivity contribution in [2.24, 2.45) is 4.99 Å². The Labute approximate surface area is 137 Å². The smallest absolute Gasteiger partial charge is 0.337 e. The second kappa shape index (κ2) is 8.98. The third-order valence-corrected chi connectivity index (χ3v) is 3.74. The highest BCUT2D eigenvalue weighted by Crippen LogP contribution is 2.09. The maximum absolute atomic E-state index is 11.4. The maximum Gasteiger partial charge on any atom is 0.337 e. The van der Waals surface area contributed by atoms with Crippen molar-refractivity contribution in [1.82, 2.24) is 10.6 Å². The van der Waals surface area contributed by atoms with Crippen molar-refractivity contribution in [2.75, 3.05) is 20.2 Å². The first-order valence-corrected chi connectivity index (χ1v) is 8.10. The van der Waals surface area contributed by atoms with Crippen molar-refractivity contribution < 1.29 is 9.53 Å². The number of esters is 1. The fraction of sp³-hybridized carbons (Fsp3) is 0.444. The lowest BCUT2D eigenvalue weighted by Gasteiger charge is -2.16. The molecule has 1 aliphatic rings. The summed E-state index contributed by atoms with van der Waals surface area (Å²) in [4.78, 5) is 16.0. The van der Waals surface area contributed by atoms with Gasteiger partial charge in [-0.05, 0) is 43.9 Å². The zero-order chi connectivity index (χ0) is 16.5. The third-order valence-electron chi connectivity index (χ3n) is 3.74. The Balaban J connectivity index is 1.85. The van der Waals surface area contributed by atoms with E-state index in [1.165, 1.54) is 7.11 Å². The molecule has 5 nitrogen and oxygen atoms in total. The number of guanidine groups is 1. The number of benzene rings is 1. The van der Waals surface area contributed by atoms with Gasteiger partial charge in [-0.3, -0.25) is 4.99 Å². The van der Waals surface area contributed by atoms with Gasteiger partial charge in [-0.25, -0.2) is 4.79 Å². The number of rotatable bonds is 6. The average Bonchev–Trinajstić information content (AvgIpc) is 3.08. The van der Waals surface area contributed by atoms with Crippen LogP contribution in [-0.2, 0) is 11.2 Å². The highest BCUT2D eigenvalue weighted by molar-refractivity contribution is 5.89. The highest BCUT2D eigenvalue weighted by atomic mass is 16.5. The topological polar surface area (TPSA) is 62.7 Å². The number of aliphatic imine (C=N–C) groups is 1. The Morgan fingerprint density at radius 3 is 2.57 bits per heavy atom. The van der Waals surface area contributed by atoms with Crippen LogP contribution in [0.3, 0.4) is 0 Å². The monoisotopic (exact) mass is 315 g/mol. The summed E-state index contributed by atoms with van der Waals surface area (Å²) in [6, 6.07) is 7.93. The van der Waals surface area contributed by atoms with Crippen LogP contribution < -0.4 is 10.6 Å². The lowest BCUT2D eigenvalue weighted by molar-refractivity contribution is 0.0600. The number of hydrogen-bond acceptors (Lipinski definition) is 3. The number of carbonyl (C=O) groups excluding carboxylic acids is 1. The van der Waals surface area contributed by atoms with E-state index in [0.29, 0.717) is 18.2 Å². The molecule has 0 unspecified atom stereocenters. The molecule has 0 bridgehead atoms. The van der Waals surface area contributed by atoms with Crippen molar-refractivity contribution >= 4 is 11.9 Å². The number of ether oxygens (including phenoxy) is 1. The standard InChI is InChI=1S/C18H25N3O2/c1-3-19-18(21-16-6-4-5-7-16)20-13-12-14-8-10-15(11-9-14)17(22)23-2/h4-5,8-11,16H,3,6-7,12-13H2,1-2H3,(H2,19,20,21). The second-order valence-corrected chi connectivity index (χ2v) is 5.48. The molecule has 0 aliphatic heterocycles. The summed E-state index contributed by atoms with van der Waals surface area (Å²) < 4.78 is 4.70. The average molecular weight is 315 g/mol. The summed E-state index contributed by atoms with van der Waals surface area (Å²) >= 11 is 0. The van der Waals surface area contributed by atoms with Crippen LogP contribution in [0.25, 0.3) is 0 Å². The van der Waals surface area contributed by atoms with E-state index in [-0.39, 0.29) is 5.97 Å². The molecular formula is C18H25N3O2. The molecule has 0 atom stereocenters. The van der Waals surface area contributed by atoms with E-state index in [1.807, 2.05) is 12.1 Å². The molecule has 0 radical (unpaired) electrons. The van der Waals surface area contributed by atoms with Gasteiger partial charge < -0.3 is 15.4 Å². The van der Waals surface area contributed by atoms with Crippen LogP contribution >= 0.6 is 0 Å². The van der Waals surface area contributed by atoms with Crippen LogP contribution in [0.1, 0.15) is 35.7 Å². The highest BCUT2D eigenvalue weighted by Gasteiger charge is 2.11. The molecule has 0 fully saturated rings. The van der Waals surface area contributed by atoms with Crippen molar-refractivity contribution in [3.63, 3.8) is 0 Å². The molecule has 1 aromatic carbocycles. The van der Waals surface area contributed by atoms with Crippen LogP contribution in [-0.4, -0.2) is 38.2 Å². The Bertz CT molecular complexity index is 556. The first-order chi connectivity index (χ1) is 11.2. The quantitative estimate of drug-likeness (QED) is 0.366. The van der Waals surface area contributed by atoms with Crippen molar-refractivity contribution in [3.8, 4) is 0 Å². The minimum absolute atomic E-state index is 0.307. The lowest BCUT2D eigenvalue weighted by atomic mass is 10.1. The number of hydrogen-bond donors (Lipinski definition) is 2. The molecule has 124 valence electrons. The van der Waals surface area contributed by atoms with E-state index in [2.05, 4.69) is 34.7 Å². The van der Waals surface area contributed by atoms with Gasteiger partial charge in [0.2, 0.25) is 0 Å². The van der Waals surface area contributed by atoms with Gasteiger partial charge in [-0.2, -0.15) is 0 Å². The van der Waals surface area contributed by atoms with E-state index in [1.54, 1.807) is 12.1 Å². The summed E-state index contributed by atoms with van der Waals surface area (Å²) in [5, 5.41) is 6.73.